The van der Waals surface area contributed by atoms with Crippen LogP contribution in [0.3, 0.4) is 0 Å². The number of nitrogens with zero attached hydrogens (tertiary/aromatic N) is 1. The van der Waals surface area contributed by atoms with E-state index < -0.39 is 6.04 Å². The zero-order valence-corrected chi connectivity index (χ0v) is 21.7. The minimum absolute atomic E-state index is 0.0152. The number of fused-ring (bicyclic) bond motifs is 3. The van der Waals surface area contributed by atoms with Crippen LogP contribution >= 0.6 is 0 Å². The summed E-state index contributed by atoms with van der Waals surface area (Å²) in [6.45, 7) is 10.9. The molecule has 4 aromatic rings. The fourth-order valence-corrected chi connectivity index (χ4v) is 5.19. The number of amides is 1. The predicted octanol–water partition coefficient (Wildman–Crippen LogP) is 6.18. The number of hydrogen-bond acceptors (Lipinski definition) is 5. The van der Waals surface area contributed by atoms with Gasteiger partial charge >= 0.3 is 0 Å². The molecule has 1 amide bonds. The predicted molar refractivity (Wildman–Crippen MR) is 141 cm³/mol. The molecule has 0 N–H and O–H groups in total. The Morgan fingerprint density at radius 1 is 0.892 bits per heavy atom. The standard InChI is InChI=1S/C31H29NO5/c1-17-12-22-24(13-18(17)2)37-29-26(28(22)33)27(20-7-9-21(10-8-20)31(3,4)5)32(30(29)34)15-19-6-11-23-25(14-19)36-16-35-23/h6-14,27H,15-16H2,1-5H3/t27-/m0/s1. The quantitative estimate of drug-likeness (QED) is 0.339. The van der Waals surface area contributed by atoms with E-state index in [2.05, 4.69) is 32.9 Å². The van der Waals surface area contributed by atoms with Crippen LogP contribution in [0.25, 0.3) is 11.0 Å². The van der Waals surface area contributed by atoms with Gasteiger partial charge in [0, 0.05) is 6.54 Å². The Hall–Kier alpha value is -4.06. The summed E-state index contributed by atoms with van der Waals surface area (Å²) in [5.41, 5.74) is 5.60. The van der Waals surface area contributed by atoms with Gasteiger partial charge in [-0.2, -0.15) is 0 Å². The van der Waals surface area contributed by atoms with Gasteiger partial charge in [-0.05, 0) is 71.3 Å². The van der Waals surface area contributed by atoms with E-state index >= 15 is 0 Å². The Kier molecular flexibility index (Phi) is 5.19. The number of hydrogen-bond donors (Lipinski definition) is 0. The smallest absolute Gasteiger partial charge is 0.291 e. The van der Waals surface area contributed by atoms with Crippen LogP contribution in [0.15, 0.2) is 63.8 Å². The van der Waals surface area contributed by atoms with Gasteiger partial charge in [-0.3, -0.25) is 9.59 Å². The third-order valence-electron chi connectivity index (χ3n) is 7.46. The average Bonchev–Trinajstić information content (AvgIpc) is 3.43. The average molecular weight is 496 g/mol. The van der Waals surface area contributed by atoms with Crippen molar-refractivity contribution < 1.29 is 18.7 Å². The lowest BCUT2D eigenvalue weighted by molar-refractivity contribution is 0.0714. The number of benzene rings is 3. The maximum absolute atomic E-state index is 13.9. The second kappa shape index (κ2) is 8.23. The van der Waals surface area contributed by atoms with Crippen molar-refractivity contribution in [2.45, 2.75) is 52.6 Å². The maximum Gasteiger partial charge on any atom is 0.291 e. The molecular formula is C31H29NO5. The molecule has 37 heavy (non-hydrogen) atoms. The van der Waals surface area contributed by atoms with Crippen molar-refractivity contribution in [3.63, 3.8) is 0 Å². The lowest BCUT2D eigenvalue weighted by Gasteiger charge is -2.26. The molecule has 0 aliphatic carbocycles. The van der Waals surface area contributed by atoms with E-state index in [0.29, 0.717) is 34.6 Å². The van der Waals surface area contributed by atoms with Gasteiger partial charge in [-0.1, -0.05) is 51.1 Å². The van der Waals surface area contributed by atoms with Crippen molar-refractivity contribution in [3.8, 4) is 11.5 Å². The molecule has 2 aliphatic rings. The normalized spacial score (nSPS) is 16.5. The molecule has 0 spiro atoms. The number of carbonyl (C=O) groups is 1. The molecule has 2 aliphatic heterocycles. The summed E-state index contributed by atoms with van der Waals surface area (Å²) in [6.07, 6.45) is 0. The molecule has 1 atom stereocenters. The summed E-state index contributed by atoms with van der Waals surface area (Å²) in [7, 11) is 0. The molecule has 0 saturated carbocycles. The molecule has 6 heteroatoms. The first-order valence-corrected chi connectivity index (χ1v) is 12.5. The Balaban J connectivity index is 1.52. The minimum Gasteiger partial charge on any atom is -0.454 e. The molecule has 6 rings (SSSR count). The van der Waals surface area contributed by atoms with Gasteiger partial charge in [0.1, 0.15) is 5.58 Å². The highest BCUT2D eigenvalue weighted by molar-refractivity contribution is 5.99. The first-order valence-electron chi connectivity index (χ1n) is 12.5. The summed E-state index contributed by atoms with van der Waals surface area (Å²) < 4.78 is 17.2. The molecule has 6 nitrogen and oxygen atoms in total. The van der Waals surface area contributed by atoms with Gasteiger partial charge in [0.15, 0.2) is 16.9 Å². The SMILES string of the molecule is Cc1cc2oc3c(c(=O)c2cc1C)[C@H](c1ccc(C(C)(C)C)cc1)N(Cc1ccc2c(c1)OCO2)C3=O. The Labute approximate surface area is 215 Å². The number of ether oxygens (including phenoxy) is 2. The highest BCUT2D eigenvalue weighted by atomic mass is 16.7. The van der Waals surface area contributed by atoms with Gasteiger partial charge in [0.25, 0.3) is 5.91 Å². The second-order valence-corrected chi connectivity index (χ2v) is 11.0. The molecule has 1 aromatic heterocycles. The van der Waals surface area contributed by atoms with E-state index in [1.807, 2.05) is 56.3 Å². The van der Waals surface area contributed by atoms with E-state index in [1.165, 1.54) is 5.56 Å². The molecule has 188 valence electrons. The van der Waals surface area contributed by atoms with Crippen LogP contribution in [0.1, 0.15) is 70.7 Å². The Bertz CT molecular complexity index is 1630. The van der Waals surface area contributed by atoms with Gasteiger partial charge < -0.3 is 18.8 Å². The van der Waals surface area contributed by atoms with Gasteiger partial charge in [0.05, 0.1) is 17.0 Å². The first kappa shape index (κ1) is 23.3. The van der Waals surface area contributed by atoms with Crippen molar-refractivity contribution >= 4 is 16.9 Å². The molecule has 0 saturated heterocycles. The van der Waals surface area contributed by atoms with Crippen LogP contribution in [-0.4, -0.2) is 17.6 Å². The minimum atomic E-state index is -0.566. The number of carbonyl (C=O) groups excluding carboxylic acids is 1. The van der Waals surface area contributed by atoms with Crippen molar-refractivity contribution in [2.75, 3.05) is 6.79 Å². The van der Waals surface area contributed by atoms with Crippen LogP contribution in [0.5, 0.6) is 11.5 Å². The molecule has 3 aromatic carbocycles. The lowest BCUT2D eigenvalue weighted by Crippen LogP contribution is -2.29. The zero-order chi connectivity index (χ0) is 26.1. The highest BCUT2D eigenvalue weighted by Crippen LogP contribution is 2.41. The monoisotopic (exact) mass is 495 g/mol. The zero-order valence-electron chi connectivity index (χ0n) is 21.7. The highest BCUT2D eigenvalue weighted by Gasteiger charge is 2.43. The van der Waals surface area contributed by atoms with E-state index in [1.54, 1.807) is 4.90 Å². The fourth-order valence-electron chi connectivity index (χ4n) is 5.19. The van der Waals surface area contributed by atoms with Crippen molar-refractivity contribution in [3.05, 3.63) is 104 Å². The molecular weight excluding hydrogens is 466 g/mol. The van der Waals surface area contributed by atoms with Crippen LogP contribution in [-0.2, 0) is 12.0 Å². The van der Waals surface area contributed by atoms with E-state index in [4.69, 9.17) is 13.9 Å². The van der Waals surface area contributed by atoms with Crippen molar-refractivity contribution in [1.29, 1.82) is 0 Å². The van der Waals surface area contributed by atoms with E-state index in [-0.39, 0.29) is 29.3 Å². The van der Waals surface area contributed by atoms with Gasteiger partial charge in [-0.15, -0.1) is 0 Å². The Morgan fingerprint density at radius 3 is 2.32 bits per heavy atom. The summed E-state index contributed by atoms with van der Waals surface area (Å²) >= 11 is 0. The topological polar surface area (TPSA) is 69.0 Å². The Morgan fingerprint density at radius 2 is 1.59 bits per heavy atom. The largest absolute Gasteiger partial charge is 0.454 e. The summed E-state index contributed by atoms with van der Waals surface area (Å²) in [5, 5.41) is 0.496. The fraction of sp³-hybridized carbons (Fsp3) is 0.290. The van der Waals surface area contributed by atoms with E-state index in [0.717, 1.165) is 22.3 Å². The van der Waals surface area contributed by atoms with Crippen LogP contribution < -0.4 is 14.9 Å². The van der Waals surface area contributed by atoms with Crippen molar-refractivity contribution in [1.82, 2.24) is 4.90 Å². The summed E-state index contributed by atoms with van der Waals surface area (Å²) in [5.74, 6) is 1.16. The molecule has 0 bridgehead atoms. The summed E-state index contributed by atoms with van der Waals surface area (Å²) in [6, 6.07) is 17.0. The lowest BCUT2D eigenvalue weighted by atomic mass is 9.86. The van der Waals surface area contributed by atoms with Crippen molar-refractivity contribution in [2.24, 2.45) is 0 Å². The molecule has 0 fully saturated rings. The molecule has 0 unspecified atom stereocenters. The van der Waals surface area contributed by atoms with Crippen LogP contribution in [0.2, 0.25) is 0 Å². The number of aryl methyl sites for hydroxylation is 2. The first-order chi connectivity index (χ1) is 17.6. The van der Waals surface area contributed by atoms with Crippen LogP contribution in [0.4, 0.5) is 0 Å². The molecule has 0 radical (unpaired) electrons. The van der Waals surface area contributed by atoms with Crippen LogP contribution in [0, 0.1) is 13.8 Å². The second-order valence-electron chi connectivity index (χ2n) is 11.0. The van der Waals surface area contributed by atoms with Gasteiger partial charge in [-0.25, -0.2) is 0 Å². The number of rotatable bonds is 3. The molecule has 3 heterocycles. The third-order valence-corrected chi connectivity index (χ3v) is 7.46. The third kappa shape index (κ3) is 3.79. The van der Waals surface area contributed by atoms with E-state index in [9.17, 15) is 9.59 Å². The summed E-state index contributed by atoms with van der Waals surface area (Å²) in [4.78, 5) is 29.5. The van der Waals surface area contributed by atoms with Gasteiger partial charge in [0.2, 0.25) is 12.6 Å². The maximum atomic E-state index is 13.9.